The first-order chi connectivity index (χ1) is 17.4. The standard InChI is InChI=1S/C27H31Br2ClN4O2/c28-20-13-19-5-4-18-14-21(30)15-22(29)24(18)25(26(19)32-16-20)17-6-11-33(12-7-17)23(35)3-1-9-34-10-2-8-31-27(34)36/h13-17,25H,1-12H2,(H,31,36). The zero-order chi connectivity index (χ0) is 25.2. The molecule has 0 spiro atoms. The van der Waals surface area contributed by atoms with Gasteiger partial charge in [-0.2, -0.15) is 0 Å². The molecular formula is C27H31Br2ClN4O2. The van der Waals surface area contributed by atoms with Crippen LogP contribution in [0.5, 0.6) is 0 Å². The maximum atomic E-state index is 13.0. The highest BCUT2D eigenvalue weighted by atomic mass is 79.9. The number of likely N-dealkylation sites (tertiary alicyclic amines) is 1. The quantitative estimate of drug-likeness (QED) is 0.442. The molecule has 3 heterocycles. The molecule has 1 aromatic heterocycles. The van der Waals surface area contributed by atoms with Crippen LogP contribution in [0.4, 0.5) is 4.79 Å². The smallest absolute Gasteiger partial charge is 0.317 e. The summed E-state index contributed by atoms with van der Waals surface area (Å²) >= 11 is 13.9. The van der Waals surface area contributed by atoms with E-state index in [0.29, 0.717) is 25.3 Å². The molecule has 2 saturated heterocycles. The fourth-order valence-electron chi connectivity index (χ4n) is 5.98. The Balaban J connectivity index is 1.28. The predicted molar refractivity (Wildman–Crippen MR) is 148 cm³/mol. The van der Waals surface area contributed by atoms with Crippen molar-refractivity contribution < 1.29 is 9.59 Å². The van der Waals surface area contributed by atoms with E-state index < -0.39 is 0 Å². The average molecular weight is 639 g/mol. The number of halogens is 3. The summed E-state index contributed by atoms with van der Waals surface area (Å²) in [5.41, 5.74) is 5.03. The first-order valence-electron chi connectivity index (χ1n) is 12.8. The third kappa shape index (κ3) is 5.60. The lowest BCUT2D eigenvalue weighted by atomic mass is 9.76. The maximum Gasteiger partial charge on any atom is 0.317 e. The van der Waals surface area contributed by atoms with E-state index in [2.05, 4.69) is 49.3 Å². The van der Waals surface area contributed by atoms with Crippen LogP contribution in [0.15, 0.2) is 33.3 Å². The molecule has 36 heavy (non-hydrogen) atoms. The molecule has 2 aromatic rings. The number of hydrogen-bond donors (Lipinski definition) is 1. The van der Waals surface area contributed by atoms with Crippen LogP contribution in [0, 0.1) is 5.92 Å². The Hall–Kier alpha value is -1.64. The molecule has 3 aliphatic rings. The van der Waals surface area contributed by atoms with Crippen molar-refractivity contribution in [2.24, 2.45) is 5.92 Å². The molecule has 6 nitrogen and oxygen atoms in total. The second kappa shape index (κ2) is 11.4. The molecule has 0 radical (unpaired) electrons. The number of pyridine rings is 1. The van der Waals surface area contributed by atoms with Gasteiger partial charge in [0.2, 0.25) is 5.91 Å². The van der Waals surface area contributed by atoms with Gasteiger partial charge in [-0.25, -0.2) is 4.79 Å². The van der Waals surface area contributed by atoms with Crippen LogP contribution in [-0.4, -0.2) is 59.4 Å². The number of fused-ring (bicyclic) bond motifs is 2. The van der Waals surface area contributed by atoms with Crippen molar-refractivity contribution >= 4 is 55.4 Å². The fourth-order valence-corrected chi connectivity index (χ4v) is 7.48. The Morgan fingerprint density at radius 2 is 1.89 bits per heavy atom. The zero-order valence-corrected chi connectivity index (χ0v) is 24.2. The van der Waals surface area contributed by atoms with E-state index in [1.165, 1.54) is 16.7 Å². The van der Waals surface area contributed by atoms with Crippen molar-refractivity contribution in [1.29, 1.82) is 0 Å². The van der Waals surface area contributed by atoms with E-state index in [0.717, 1.165) is 77.9 Å². The van der Waals surface area contributed by atoms with Crippen molar-refractivity contribution in [3.05, 3.63) is 60.7 Å². The van der Waals surface area contributed by atoms with E-state index in [9.17, 15) is 9.59 Å². The summed E-state index contributed by atoms with van der Waals surface area (Å²) in [6.07, 6.45) is 7.82. The van der Waals surface area contributed by atoms with Crippen LogP contribution >= 0.6 is 43.5 Å². The lowest BCUT2D eigenvalue weighted by Crippen LogP contribution is -2.47. The summed E-state index contributed by atoms with van der Waals surface area (Å²) in [6.45, 7) is 3.69. The highest BCUT2D eigenvalue weighted by Crippen LogP contribution is 2.46. The number of amides is 3. The van der Waals surface area contributed by atoms with E-state index in [-0.39, 0.29) is 17.9 Å². The molecule has 2 fully saturated rings. The minimum atomic E-state index is -0.00781. The van der Waals surface area contributed by atoms with Gasteiger partial charge in [-0.05, 0) is 95.3 Å². The van der Waals surface area contributed by atoms with Crippen molar-refractivity contribution in [2.45, 2.75) is 50.9 Å². The predicted octanol–water partition coefficient (Wildman–Crippen LogP) is 5.92. The number of carbonyl (C=O) groups excluding carboxylic acids is 2. The van der Waals surface area contributed by atoms with Gasteiger partial charge in [-0.1, -0.05) is 27.5 Å². The Bertz CT molecular complexity index is 1150. The minimum Gasteiger partial charge on any atom is -0.343 e. The van der Waals surface area contributed by atoms with Crippen molar-refractivity contribution in [1.82, 2.24) is 20.1 Å². The first kappa shape index (κ1) is 26.0. The van der Waals surface area contributed by atoms with Gasteiger partial charge in [0.25, 0.3) is 0 Å². The molecule has 1 atom stereocenters. The van der Waals surface area contributed by atoms with E-state index in [1.807, 2.05) is 22.1 Å². The summed E-state index contributed by atoms with van der Waals surface area (Å²) in [7, 11) is 0. The molecule has 1 aliphatic carbocycles. The number of rotatable bonds is 5. The number of aromatic nitrogens is 1. The maximum absolute atomic E-state index is 13.0. The van der Waals surface area contributed by atoms with Gasteiger partial charge in [-0.3, -0.25) is 9.78 Å². The topological polar surface area (TPSA) is 65.5 Å². The summed E-state index contributed by atoms with van der Waals surface area (Å²) < 4.78 is 2.05. The molecule has 0 bridgehead atoms. The fraction of sp³-hybridized carbons (Fsp3) is 0.519. The number of nitrogens with zero attached hydrogens (tertiary/aromatic N) is 3. The molecule has 1 aromatic carbocycles. The normalized spacial score (nSPS) is 20.4. The highest BCUT2D eigenvalue weighted by Gasteiger charge is 2.36. The Labute approximate surface area is 234 Å². The highest BCUT2D eigenvalue weighted by molar-refractivity contribution is 9.10. The Morgan fingerprint density at radius 3 is 2.67 bits per heavy atom. The van der Waals surface area contributed by atoms with Crippen LogP contribution in [0.2, 0.25) is 5.02 Å². The number of urea groups is 1. The van der Waals surface area contributed by atoms with Crippen LogP contribution < -0.4 is 5.32 Å². The van der Waals surface area contributed by atoms with Gasteiger partial charge in [-0.15, -0.1) is 0 Å². The van der Waals surface area contributed by atoms with E-state index >= 15 is 0 Å². The molecule has 1 unspecified atom stereocenters. The lowest BCUT2D eigenvalue weighted by Gasteiger charge is -2.37. The number of hydrogen-bond acceptors (Lipinski definition) is 3. The lowest BCUT2D eigenvalue weighted by molar-refractivity contribution is -0.132. The number of aryl methyl sites for hydroxylation is 2. The van der Waals surface area contributed by atoms with Gasteiger partial charge in [0.05, 0.1) is 5.69 Å². The molecule has 192 valence electrons. The minimum absolute atomic E-state index is 0.00781. The van der Waals surface area contributed by atoms with Gasteiger partial charge < -0.3 is 15.1 Å². The SMILES string of the molecule is O=C(CCCN1CCCNC1=O)N1CCC(C2c3ncc(Br)cc3CCc3cc(Cl)cc(Br)c32)CC1. The monoisotopic (exact) mass is 636 g/mol. The molecular weight excluding hydrogens is 608 g/mol. The van der Waals surface area contributed by atoms with Crippen LogP contribution in [0.3, 0.4) is 0 Å². The first-order valence-corrected chi connectivity index (χ1v) is 14.8. The van der Waals surface area contributed by atoms with Crippen molar-refractivity contribution in [2.75, 3.05) is 32.7 Å². The number of nitrogens with one attached hydrogen (secondary N) is 1. The molecule has 5 rings (SSSR count). The van der Waals surface area contributed by atoms with Crippen LogP contribution in [0.25, 0.3) is 0 Å². The van der Waals surface area contributed by atoms with Gasteiger partial charge >= 0.3 is 6.03 Å². The summed E-state index contributed by atoms with van der Waals surface area (Å²) in [5, 5.41) is 3.62. The zero-order valence-electron chi connectivity index (χ0n) is 20.2. The summed E-state index contributed by atoms with van der Waals surface area (Å²) in [4.78, 5) is 33.6. The van der Waals surface area contributed by atoms with Gasteiger partial charge in [0, 0.05) is 65.2 Å². The van der Waals surface area contributed by atoms with Crippen LogP contribution in [0.1, 0.15) is 60.4 Å². The third-order valence-electron chi connectivity index (χ3n) is 7.77. The molecule has 2 aliphatic heterocycles. The van der Waals surface area contributed by atoms with Crippen molar-refractivity contribution in [3.63, 3.8) is 0 Å². The number of piperidine rings is 1. The summed E-state index contributed by atoms with van der Waals surface area (Å²) in [5.74, 6) is 0.766. The molecule has 1 N–H and O–H groups in total. The average Bonchev–Trinajstić information content (AvgIpc) is 3.02. The van der Waals surface area contributed by atoms with E-state index in [1.54, 1.807) is 0 Å². The van der Waals surface area contributed by atoms with Gasteiger partial charge in [0.1, 0.15) is 0 Å². The van der Waals surface area contributed by atoms with E-state index in [4.69, 9.17) is 16.6 Å². The second-order valence-electron chi connectivity index (χ2n) is 10.0. The Kier molecular flexibility index (Phi) is 8.23. The number of carbonyl (C=O) groups is 2. The molecule has 9 heteroatoms. The third-order valence-corrected chi connectivity index (χ3v) is 9.08. The molecule has 0 saturated carbocycles. The van der Waals surface area contributed by atoms with Crippen molar-refractivity contribution in [3.8, 4) is 0 Å². The summed E-state index contributed by atoms with van der Waals surface area (Å²) in [6, 6.07) is 6.31. The van der Waals surface area contributed by atoms with Gasteiger partial charge in [0.15, 0.2) is 0 Å². The largest absolute Gasteiger partial charge is 0.343 e. The van der Waals surface area contributed by atoms with Crippen LogP contribution in [-0.2, 0) is 17.6 Å². The Morgan fingerprint density at radius 1 is 1.11 bits per heavy atom. The molecule has 3 amide bonds. The second-order valence-corrected chi connectivity index (χ2v) is 12.2. The number of benzene rings is 1.